The molecule has 0 aromatic rings. The van der Waals surface area contributed by atoms with E-state index in [0.29, 0.717) is 13.2 Å². The van der Waals surface area contributed by atoms with Gasteiger partial charge in [-0.05, 0) is 12.8 Å². The van der Waals surface area contributed by atoms with Crippen molar-refractivity contribution in [3.05, 3.63) is 0 Å². The van der Waals surface area contributed by atoms with Gasteiger partial charge in [0.05, 0.1) is 13.2 Å². The first-order chi connectivity index (χ1) is 8.12. The van der Waals surface area contributed by atoms with E-state index < -0.39 is 6.72 Å². The summed E-state index contributed by atoms with van der Waals surface area (Å²) in [5.41, 5.74) is 0. The fourth-order valence-electron chi connectivity index (χ4n) is 1.45. The summed E-state index contributed by atoms with van der Waals surface area (Å²) in [4.78, 5) is 11.6. The first-order valence-electron chi connectivity index (χ1n) is 6.72. The molecule has 0 heterocycles. The molecule has 0 bridgehead atoms. The van der Waals surface area contributed by atoms with Gasteiger partial charge in [0.25, 0.3) is 0 Å². The fourth-order valence-corrected chi connectivity index (χ4v) is 2.67. The van der Waals surface area contributed by atoms with Gasteiger partial charge in [0.15, 0.2) is 0 Å². The van der Waals surface area contributed by atoms with E-state index >= 15 is 0 Å². The molecular weight excluding hydrogens is 255 g/mol. The van der Waals surface area contributed by atoms with Crippen LogP contribution >= 0.6 is 6.72 Å². The largest absolute Gasteiger partial charge is 0.780 e. The summed E-state index contributed by atoms with van der Waals surface area (Å²) in [7, 11) is 0. The smallest absolute Gasteiger partial charge is 0.115 e. The molecule has 104 valence electrons. The molecule has 5 heteroatoms. The van der Waals surface area contributed by atoms with Crippen LogP contribution in [0, 0.1) is 0 Å². The highest BCUT2D eigenvalue weighted by Gasteiger charge is 2.03. The third kappa shape index (κ3) is 12.8. The lowest BCUT2D eigenvalue weighted by molar-refractivity contribution is -0.206. The molecular formula is C12H26O3PS-. The minimum Gasteiger partial charge on any atom is -0.780 e. The predicted octanol–water partition coefficient (Wildman–Crippen LogP) is 3.77. The summed E-state index contributed by atoms with van der Waals surface area (Å²) < 4.78 is 10.3. The molecule has 0 saturated heterocycles. The number of unbranched alkanes of at least 4 members (excludes halogenated alkanes) is 6. The van der Waals surface area contributed by atoms with Crippen molar-refractivity contribution in [2.45, 2.75) is 65.2 Å². The molecule has 0 aliphatic heterocycles. The SMILES string of the molecule is CCCCCCOP([O-])(=S)OCCCCCC. The Kier molecular flexibility index (Phi) is 12.0. The maximum absolute atomic E-state index is 11.6. The molecule has 17 heavy (non-hydrogen) atoms. The lowest BCUT2D eigenvalue weighted by Gasteiger charge is -2.27. The van der Waals surface area contributed by atoms with Crippen LogP contribution in [0.4, 0.5) is 0 Å². The Morgan fingerprint density at radius 3 is 1.59 bits per heavy atom. The van der Waals surface area contributed by atoms with Crippen LogP contribution in [0.15, 0.2) is 0 Å². The Morgan fingerprint density at radius 1 is 0.824 bits per heavy atom. The van der Waals surface area contributed by atoms with Crippen LogP contribution in [0.1, 0.15) is 65.2 Å². The number of hydrogen-bond donors (Lipinski definition) is 0. The van der Waals surface area contributed by atoms with Crippen molar-refractivity contribution in [3.8, 4) is 0 Å². The predicted molar refractivity (Wildman–Crippen MR) is 74.5 cm³/mol. The van der Waals surface area contributed by atoms with Crippen molar-refractivity contribution >= 4 is 18.5 Å². The third-order valence-electron chi connectivity index (χ3n) is 2.49. The second kappa shape index (κ2) is 11.6. The van der Waals surface area contributed by atoms with Crippen LogP contribution in [-0.2, 0) is 20.9 Å². The first-order valence-corrected chi connectivity index (χ1v) is 9.28. The first kappa shape index (κ1) is 17.5. The van der Waals surface area contributed by atoms with E-state index in [1.54, 1.807) is 0 Å². The van der Waals surface area contributed by atoms with Crippen LogP contribution in [0.25, 0.3) is 0 Å². The maximum Gasteiger partial charge on any atom is 0.115 e. The van der Waals surface area contributed by atoms with Gasteiger partial charge < -0.3 is 13.9 Å². The molecule has 0 radical (unpaired) electrons. The highest BCUT2D eigenvalue weighted by atomic mass is 32.5. The molecule has 0 aliphatic rings. The van der Waals surface area contributed by atoms with Crippen molar-refractivity contribution in [1.82, 2.24) is 0 Å². The highest BCUT2D eigenvalue weighted by Crippen LogP contribution is 2.39. The summed E-state index contributed by atoms with van der Waals surface area (Å²) in [5, 5.41) is 0. The van der Waals surface area contributed by atoms with Gasteiger partial charge in [-0.25, -0.2) is 0 Å². The van der Waals surface area contributed by atoms with Gasteiger partial charge in [0.2, 0.25) is 0 Å². The zero-order valence-electron chi connectivity index (χ0n) is 11.2. The molecule has 0 amide bonds. The average molecular weight is 281 g/mol. The standard InChI is InChI=1S/C12H27O3PS/c1-3-5-7-9-11-14-16(13,17)15-12-10-8-6-4-2/h3-12H2,1-2H3,(H,13,17)/p-1. The Morgan fingerprint density at radius 2 is 1.24 bits per heavy atom. The lowest BCUT2D eigenvalue weighted by atomic mass is 10.2. The molecule has 0 N–H and O–H groups in total. The van der Waals surface area contributed by atoms with Crippen LogP contribution in [0.5, 0.6) is 0 Å². The van der Waals surface area contributed by atoms with Gasteiger partial charge >= 0.3 is 0 Å². The van der Waals surface area contributed by atoms with Gasteiger partial charge in [-0.2, -0.15) is 0 Å². The lowest BCUT2D eigenvalue weighted by Crippen LogP contribution is -2.09. The van der Waals surface area contributed by atoms with E-state index in [9.17, 15) is 4.89 Å². The van der Waals surface area contributed by atoms with Gasteiger partial charge in [0.1, 0.15) is 6.72 Å². The molecule has 0 atom stereocenters. The average Bonchev–Trinajstić information content (AvgIpc) is 2.28. The molecule has 0 aliphatic carbocycles. The minimum absolute atomic E-state index is 0.454. The summed E-state index contributed by atoms with van der Waals surface area (Å²) in [6, 6.07) is 0. The molecule has 0 unspecified atom stereocenters. The summed E-state index contributed by atoms with van der Waals surface area (Å²) in [5.74, 6) is 0. The van der Waals surface area contributed by atoms with Gasteiger partial charge in [-0.1, -0.05) is 64.2 Å². The zero-order chi connectivity index (χ0) is 13.0. The minimum atomic E-state index is -3.21. The maximum atomic E-state index is 11.6. The van der Waals surface area contributed by atoms with Crippen LogP contribution in [0.2, 0.25) is 0 Å². The van der Waals surface area contributed by atoms with Crippen molar-refractivity contribution in [2.24, 2.45) is 0 Å². The zero-order valence-corrected chi connectivity index (χ0v) is 12.9. The summed E-state index contributed by atoms with van der Waals surface area (Å²) in [6.45, 7) is 2.00. The summed E-state index contributed by atoms with van der Waals surface area (Å²) >= 11 is 4.81. The molecule has 0 rings (SSSR count). The van der Waals surface area contributed by atoms with Gasteiger partial charge in [0, 0.05) is 0 Å². The summed E-state index contributed by atoms with van der Waals surface area (Å²) in [6.07, 6.45) is 8.75. The molecule has 0 aromatic carbocycles. The van der Waals surface area contributed by atoms with Crippen molar-refractivity contribution in [1.29, 1.82) is 0 Å². The fraction of sp³-hybridized carbons (Fsp3) is 1.00. The van der Waals surface area contributed by atoms with Gasteiger partial charge in [-0.15, -0.1) is 0 Å². The topological polar surface area (TPSA) is 41.5 Å². The second-order valence-electron chi connectivity index (χ2n) is 4.23. The molecule has 3 nitrogen and oxygen atoms in total. The number of rotatable bonds is 12. The molecule has 0 fully saturated rings. The van der Waals surface area contributed by atoms with E-state index in [1.807, 2.05) is 0 Å². The van der Waals surface area contributed by atoms with Crippen molar-refractivity contribution < 1.29 is 13.9 Å². The molecule has 0 spiro atoms. The van der Waals surface area contributed by atoms with Gasteiger partial charge in [-0.3, -0.25) is 0 Å². The van der Waals surface area contributed by atoms with Crippen LogP contribution in [-0.4, -0.2) is 13.2 Å². The van der Waals surface area contributed by atoms with E-state index in [1.165, 1.54) is 25.7 Å². The molecule has 0 aromatic heterocycles. The number of hydrogen-bond acceptors (Lipinski definition) is 4. The third-order valence-corrected chi connectivity index (χ3v) is 4.12. The quantitative estimate of drug-likeness (QED) is 0.403. The Bertz CT molecular complexity index is 194. The Balaban J connectivity index is 3.42. The Hall–Kier alpha value is 0.530. The van der Waals surface area contributed by atoms with E-state index in [2.05, 4.69) is 13.8 Å². The highest BCUT2D eigenvalue weighted by molar-refractivity contribution is 8.06. The van der Waals surface area contributed by atoms with Crippen LogP contribution in [0.3, 0.4) is 0 Å². The van der Waals surface area contributed by atoms with E-state index in [0.717, 1.165) is 25.7 Å². The molecule has 0 saturated carbocycles. The monoisotopic (exact) mass is 281 g/mol. The van der Waals surface area contributed by atoms with Crippen molar-refractivity contribution in [2.75, 3.05) is 13.2 Å². The van der Waals surface area contributed by atoms with Crippen LogP contribution < -0.4 is 4.89 Å². The Labute approximate surface area is 111 Å². The second-order valence-corrected chi connectivity index (χ2v) is 6.99. The normalized spacial score (nSPS) is 11.9. The van der Waals surface area contributed by atoms with Crippen molar-refractivity contribution in [3.63, 3.8) is 0 Å². The van der Waals surface area contributed by atoms with E-state index in [4.69, 9.17) is 20.9 Å². The van der Waals surface area contributed by atoms with E-state index in [-0.39, 0.29) is 0 Å².